The lowest BCUT2D eigenvalue weighted by atomic mass is 10.1. The molecule has 0 unspecified atom stereocenters. The first-order chi connectivity index (χ1) is 13.2. The number of hydrogen-bond acceptors (Lipinski definition) is 3. The molecule has 0 spiro atoms. The van der Waals surface area contributed by atoms with Crippen LogP contribution in [0, 0.1) is 0 Å². The predicted molar refractivity (Wildman–Crippen MR) is 112 cm³/mol. The van der Waals surface area contributed by atoms with Crippen molar-refractivity contribution in [3.05, 3.63) is 96.1 Å². The quantitative estimate of drug-likeness (QED) is 0.526. The van der Waals surface area contributed by atoms with E-state index in [0.717, 1.165) is 30.2 Å². The van der Waals surface area contributed by atoms with Crippen molar-refractivity contribution in [2.45, 2.75) is 13.1 Å². The normalized spacial score (nSPS) is 10.3. The minimum atomic E-state index is 0.793. The lowest BCUT2D eigenvalue weighted by Gasteiger charge is -2.27. The summed E-state index contributed by atoms with van der Waals surface area (Å²) in [6.45, 7) is 5.56. The van der Waals surface area contributed by atoms with Crippen LogP contribution in [0.25, 0.3) is 6.08 Å². The highest BCUT2D eigenvalue weighted by molar-refractivity contribution is 5.67. The highest BCUT2D eigenvalue weighted by Crippen LogP contribution is 2.26. The Morgan fingerprint density at radius 1 is 0.741 bits per heavy atom. The average Bonchev–Trinajstić information content (AvgIpc) is 2.74. The molecule has 27 heavy (non-hydrogen) atoms. The second-order valence-corrected chi connectivity index (χ2v) is 6.32. The highest BCUT2D eigenvalue weighted by Gasteiger charge is 2.12. The van der Waals surface area contributed by atoms with Crippen LogP contribution in [0.4, 0.5) is 5.69 Å². The lowest BCUT2D eigenvalue weighted by molar-refractivity contribution is 0.414. The Balaban J connectivity index is 1.90. The molecule has 0 aliphatic rings. The van der Waals surface area contributed by atoms with Crippen LogP contribution in [0.1, 0.15) is 16.7 Å². The molecule has 3 aromatic rings. The van der Waals surface area contributed by atoms with Gasteiger partial charge in [-0.05, 0) is 47.0 Å². The summed E-state index contributed by atoms with van der Waals surface area (Å²) in [6, 6.07) is 24.8. The van der Waals surface area contributed by atoms with Gasteiger partial charge in [0.05, 0.1) is 14.2 Å². The molecule has 3 rings (SSSR count). The van der Waals surface area contributed by atoms with Crippen LogP contribution in [-0.2, 0) is 13.1 Å². The number of anilines is 1. The summed E-state index contributed by atoms with van der Waals surface area (Å²) in [6.07, 6.45) is 1.91. The first-order valence-corrected chi connectivity index (χ1v) is 8.95. The first kappa shape index (κ1) is 18.6. The SMILES string of the molecule is C=Cc1ccccc1N(Cc1ccc(OC)cc1)Cc1ccc(OC)cc1. The Kier molecular flexibility index (Phi) is 6.16. The van der Waals surface area contributed by atoms with Crippen LogP contribution in [0.3, 0.4) is 0 Å². The third-order valence-electron chi connectivity index (χ3n) is 4.56. The van der Waals surface area contributed by atoms with E-state index in [1.807, 2.05) is 36.4 Å². The molecule has 0 fully saturated rings. The van der Waals surface area contributed by atoms with Crippen molar-refractivity contribution < 1.29 is 9.47 Å². The Labute approximate surface area is 161 Å². The third kappa shape index (κ3) is 4.70. The van der Waals surface area contributed by atoms with E-state index in [0.29, 0.717) is 0 Å². The van der Waals surface area contributed by atoms with Crippen molar-refractivity contribution >= 4 is 11.8 Å². The maximum absolute atomic E-state index is 5.27. The molecule has 3 aromatic carbocycles. The molecule has 0 amide bonds. The van der Waals surface area contributed by atoms with Gasteiger partial charge in [0.25, 0.3) is 0 Å². The molecule has 0 bridgehead atoms. The van der Waals surface area contributed by atoms with Gasteiger partial charge in [0, 0.05) is 18.8 Å². The Morgan fingerprint density at radius 3 is 1.67 bits per heavy atom. The number of methoxy groups -OCH3 is 2. The summed E-state index contributed by atoms with van der Waals surface area (Å²) in [5, 5.41) is 0. The number of hydrogen-bond donors (Lipinski definition) is 0. The summed E-state index contributed by atoms with van der Waals surface area (Å²) >= 11 is 0. The smallest absolute Gasteiger partial charge is 0.118 e. The maximum atomic E-state index is 5.27. The van der Waals surface area contributed by atoms with E-state index in [9.17, 15) is 0 Å². The molecule has 3 heteroatoms. The van der Waals surface area contributed by atoms with E-state index in [-0.39, 0.29) is 0 Å². The number of nitrogens with zero attached hydrogens (tertiary/aromatic N) is 1. The zero-order chi connectivity index (χ0) is 19.1. The largest absolute Gasteiger partial charge is 0.497 e. The second kappa shape index (κ2) is 8.95. The zero-order valence-corrected chi connectivity index (χ0v) is 15.9. The van der Waals surface area contributed by atoms with Crippen molar-refractivity contribution in [1.82, 2.24) is 0 Å². The van der Waals surface area contributed by atoms with E-state index < -0.39 is 0 Å². The molecule has 0 N–H and O–H groups in total. The Hall–Kier alpha value is -3.20. The van der Waals surface area contributed by atoms with Gasteiger partial charge in [-0.15, -0.1) is 0 Å². The van der Waals surface area contributed by atoms with Crippen LogP contribution in [0.15, 0.2) is 79.4 Å². The van der Waals surface area contributed by atoms with Crippen molar-refractivity contribution in [3.63, 3.8) is 0 Å². The molecule has 3 nitrogen and oxygen atoms in total. The van der Waals surface area contributed by atoms with Crippen LogP contribution < -0.4 is 14.4 Å². The highest BCUT2D eigenvalue weighted by atomic mass is 16.5. The molecule has 0 saturated heterocycles. The van der Waals surface area contributed by atoms with Gasteiger partial charge in [-0.1, -0.05) is 55.1 Å². The van der Waals surface area contributed by atoms with Crippen LogP contribution >= 0.6 is 0 Å². The molecule has 0 aromatic heterocycles. The summed E-state index contributed by atoms with van der Waals surface area (Å²) in [7, 11) is 3.37. The molecule has 0 atom stereocenters. The van der Waals surface area contributed by atoms with Gasteiger partial charge >= 0.3 is 0 Å². The number of benzene rings is 3. The van der Waals surface area contributed by atoms with Gasteiger partial charge in [-0.25, -0.2) is 0 Å². The minimum absolute atomic E-state index is 0.793. The molecule has 0 aliphatic carbocycles. The van der Waals surface area contributed by atoms with Crippen molar-refractivity contribution in [1.29, 1.82) is 0 Å². The van der Waals surface area contributed by atoms with Crippen molar-refractivity contribution in [2.24, 2.45) is 0 Å². The van der Waals surface area contributed by atoms with Gasteiger partial charge in [0.1, 0.15) is 11.5 Å². The van der Waals surface area contributed by atoms with Crippen molar-refractivity contribution in [3.8, 4) is 11.5 Å². The summed E-state index contributed by atoms with van der Waals surface area (Å²) in [5.74, 6) is 1.74. The molecule has 0 heterocycles. The van der Waals surface area contributed by atoms with Gasteiger partial charge in [0.2, 0.25) is 0 Å². The van der Waals surface area contributed by atoms with E-state index in [2.05, 4.69) is 53.9 Å². The topological polar surface area (TPSA) is 21.7 Å². The molecular formula is C24H25NO2. The summed E-state index contributed by atoms with van der Waals surface area (Å²) < 4.78 is 10.5. The molecular weight excluding hydrogens is 334 g/mol. The minimum Gasteiger partial charge on any atom is -0.497 e. The van der Waals surface area contributed by atoms with Gasteiger partial charge in [0.15, 0.2) is 0 Å². The second-order valence-electron chi connectivity index (χ2n) is 6.32. The monoisotopic (exact) mass is 359 g/mol. The van der Waals surface area contributed by atoms with Crippen LogP contribution in [0.5, 0.6) is 11.5 Å². The fourth-order valence-electron chi connectivity index (χ4n) is 3.08. The Morgan fingerprint density at radius 2 is 1.22 bits per heavy atom. The van der Waals surface area contributed by atoms with E-state index in [1.54, 1.807) is 14.2 Å². The van der Waals surface area contributed by atoms with Gasteiger partial charge in [-0.2, -0.15) is 0 Å². The Bertz CT molecular complexity index is 820. The molecule has 0 radical (unpaired) electrons. The molecule has 138 valence electrons. The number of ether oxygens (including phenoxy) is 2. The molecule has 0 aliphatic heterocycles. The third-order valence-corrected chi connectivity index (χ3v) is 4.56. The zero-order valence-electron chi connectivity index (χ0n) is 15.9. The standard InChI is InChI=1S/C24H25NO2/c1-4-21-7-5-6-8-24(21)25(17-19-9-13-22(26-2)14-10-19)18-20-11-15-23(27-3)16-12-20/h4-16H,1,17-18H2,2-3H3. The predicted octanol–water partition coefficient (Wildman–Crippen LogP) is 5.55. The maximum Gasteiger partial charge on any atom is 0.118 e. The van der Waals surface area contributed by atoms with E-state index in [1.165, 1.54) is 16.8 Å². The summed E-state index contributed by atoms with van der Waals surface area (Å²) in [4.78, 5) is 2.36. The van der Waals surface area contributed by atoms with E-state index in [4.69, 9.17) is 9.47 Å². The van der Waals surface area contributed by atoms with Gasteiger partial charge < -0.3 is 14.4 Å². The first-order valence-electron chi connectivity index (χ1n) is 8.95. The summed E-state index contributed by atoms with van der Waals surface area (Å²) in [5.41, 5.74) is 4.74. The van der Waals surface area contributed by atoms with Crippen LogP contribution in [-0.4, -0.2) is 14.2 Å². The molecule has 0 saturated carbocycles. The fraction of sp³-hybridized carbons (Fsp3) is 0.167. The van der Waals surface area contributed by atoms with E-state index >= 15 is 0 Å². The van der Waals surface area contributed by atoms with Gasteiger partial charge in [-0.3, -0.25) is 0 Å². The fourth-order valence-corrected chi connectivity index (χ4v) is 3.08. The van der Waals surface area contributed by atoms with Crippen molar-refractivity contribution in [2.75, 3.05) is 19.1 Å². The number of rotatable bonds is 8. The van der Waals surface area contributed by atoms with Crippen LogP contribution in [0.2, 0.25) is 0 Å². The average molecular weight is 359 g/mol. The lowest BCUT2D eigenvalue weighted by Crippen LogP contribution is -2.22. The number of para-hydroxylation sites is 1.